The van der Waals surface area contributed by atoms with Crippen LogP contribution in [0.2, 0.25) is 0 Å². The van der Waals surface area contributed by atoms with E-state index in [4.69, 9.17) is 4.42 Å². The highest BCUT2D eigenvalue weighted by atomic mass is 79.9. The van der Waals surface area contributed by atoms with Gasteiger partial charge in [-0.15, -0.1) is 0 Å². The van der Waals surface area contributed by atoms with E-state index in [1.807, 2.05) is 12.1 Å². The molecule has 2 aliphatic rings. The first-order valence-corrected chi connectivity index (χ1v) is 8.33. The maximum Gasteiger partial charge on any atom is 0.223 e. The number of furan rings is 1. The van der Waals surface area contributed by atoms with Crippen LogP contribution in [0.4, 0.5) is 0 Å². The van der Waals surface area contributed by atoms with Crippen LogP contribution in [0.25, 0.3) is 0 Å². The minimum Gasteiger partial charge on any atom is -0.453 e. The molecule has 0 unspecified atom stereocenters. The number of aliphatic hydroxyl groups excluding tert-OH is 1. The van der Waals surface area contributed by atoms with Gasteiger partial charge in [0.25, 0.3) is 0 Å². The number of nitrogens with one attached hydrogen (secondary N) is 1. The summed E-state index contributed by atoms with van der Waals surface area (Å²) in [6, 6.07) is 3.89. The van der Waals surface area contributed by atoms with Crippen molar-refractivity contribution in [1.29, 1.82) is 0 Å². The van der Waals surface area contributed by atoms with E-state index in [0.29, 0.717) is 0 Å². The summed E-state index contributed by atoms with van der Waals surface area (Å²) in [5, 5.41) is 12.6. The normalized spacial score (nSPS) is 26.8. The molecule has 1 amide bonds. The smallest absolute Gasteiger partial charge is 0.223 e. The van der Waals surface area contributed by atoms with E-state index in [0.717, 1.165) is 49.3 Å². The van der Waals surface area contributed by atoms with Gasteiger partial charge in [-0.2, -0.15) is 0 Å². The van der Waals surface area contributed by atoms with Crippen LogP contribution in [0.3, 0.4) is 0 Å². The molecule has 6 heteroatoms. The van der Waals surface area contributed by atoms with Crippen molar-refractivity contribution < 1.29 is 14.3 Å². The second-order valence-electron chi connectivity index (χ2n) is 6.06. The van der Waals surface area contributed by atoms with E-state index < -0.39 is 0 Å². The maximum absolute atomic E-state index is 12.0. The summed E-state index contributed by atoms with van der Waals surface area (Å²) in [6.07, 6.45) is 2.91. The largest absolute Gasteiger partial charge is 0.453 e. The minimum atomic E-state index is 0.0373. The van der Waals surface area contributed by atoms with Gasteiger partial charge in [-0.1, -0.05) is 0 Å². The van der Waals surface area contributed by atoms with Crippen LogP contribution in [0.1, 0.15) is 25.0 Å². The molecular weight excluding hydrogens is 336 g/mol. The number of carbonyl (C=O) groups is 1. The zero-order valence-electron chi connectivity index (χ0n) is 11.9. The molecule has 2 atom stereocenters. The fourth-order valence-corrected chi connectivity index (χ4v) is 3.24. The third kappa shape index (κ3) is 3.87. The van der Waals surface area contributed by atoms with E-state index in [9.17, 15) is 9.90 Å². The number of aliphatic hydroxyl groups is 1. The van der Waals surface area contributed by atoms with Gasteiger partial charge in [0.2, 0.25) is 5.91 Å². The number of halogens is 1. The van der Waals surface area contributed by atoms with Gasteiger partial charge in [0, 0.05) is 31.0 Å². The lowest BCUT2D eigenvalue weighted by molar-refractivity contribution is -0.124. The number of piperidine rings is 1. The Morgan fingerprint density at radius 2 is 2.24 bits per heavy atom. The van der Waals surface area contributed by atoms with Crippen molar-refractivity contribution in [3.05, 3.63) is 22.6 Å². The fraction of sp³-hybridized carbons (Fsp3) is 0.667. The lowest BCUT2D eigenvalue weighted by atomic mass is 9.92. The molecule has 1 saturated carbocycles. The minimum absolute atomic E-state index is 0.0373. The van der Waals surface area contributed by atoms with Crippen LogP contribution in [0.5, 0.6) is 0 Å². The molecule has 116 valence electrons. The summed E-state index contributed by atoms with van der Waals surface area (Å²) in [7, 11) is 0. The van der Waals surface area contributed by atoms with Gasteiger partial charge >= 0.3 is 0 Å². The quantitative estimate of drug-likeness (QED) is 0.843. The van der Waals surface area contributed by atoms with E-state index in [1.54, 1.807) is 0 Å². The van der Waals surface area contributed by atoms with Crippen molar-refractivity contribution in [3.63, 3.8) is 0 Å². The molecule has 1 saturated heterocycles. The second kappa shape index (κ2) is 6.50. The van der Waals surface area contributed by atoms with Gasteiger partial charge in [0.15, 0.2) is 4.67 Å². The fourth-order valence-electron chi connectivity index (χ4n) is 2.90. The Morgan fingerprint density at radius 1 is 1.43 bits per heavy atom. The highest BCUT2D eigenvalue weighted by Crippen LogP contribution is 2.30. The van der Waals surface area contributed by atoms with Crippen molar-refractivity contribution in [3.8, 4) is 0 Å². The predicted molar refractivity (Wildman–Crippen MR) is 81.5 cm³/mol. The van der Waals surface area contributed by atoms with Crippen LogP contribution in [-0.2, 0) is 11.3 Å². The monoisotopic (exact) mass is 356 g/mol. The van der Waals surface area contributed by atoms with Gasteiger partial charge < -0.3 is 14.8 Å². The van der Waals surface area contributed by atoms with Crippen LogP contribution in [0.15, 0.2) is 21.2 Å². The Balaban J connectivity index is 1.58. The maximum atomic E-state index is 12.0. The summed E-state index contributed by atoms with van der Waals surface area (Å²) in [5.74, 6) is 1.44. The summed E-state index contributed by atoms with van der Waals surface area (Å²) in [4.78, 5) is 14.2. The van der Waals surface area contributed by atoms with Crippen LogP contribution < -0.4 is 5.32 Å². The van der Waals surface area contributed by atoms with Crippen molar-refractivity contribution in [1.82, 2.24) is 10.2 Å². The molecule has 5 nitrogen and oxygen atoms in total. The molecule has 0 spiro atoms. The average Bonchev–Trinajstić information content (AvgIpc) is 3.24. The molecule has 0 radical (unpaired) electrons. The molecular formula is C15H21BrN2O3. The molecule has 1 aliphatic carbocycles. The third-order valence-corrected chi connectivity index (χ3v) is 4.78. The molecule has 0 aromatic carbocycles. The molecule has 1 aromatic rings. The highest BCUT2D eigenvalue weighted by Gasteiger charge is 2.35. The Morgan fingerprint density at radius 3 is 2.86 bits per heavy atom. The number of hydrogen-bond acceptors (Lipinski definition) is 4. The lowest BCUT2D eigenvalue weighted by Gasteiger charge is -2.37. The molecule has 1 aromatic heterocycles. The summed E-state index contributed by atoms with van der Waals surface area (Å²) in [6.45, 7) is 2.55. The zero-order chi connectivity index (χ0) is 14.8. The lowest BCUT2D eigenvalue weighted by Crippen LogP contribution is -2.53. The van der Waals surface area contributed by atoms with Crippen molar-refractivity contribution in [2.24, 2.45) is 11.8 Å². The Bertz CT molecular complexity index is 501. The average molecular weight is 357 g/mol. The number of carbonyl (C=O) groups excluding carboxylic acids is 1. The van der Waals surface area contributed by atoms with Crippen LogP contribution in [-0.4, -0.2) is 41.7 Å². The molecule has 21 heavy (non-hydrogen) atoms. The van der Waals surface area contributed by atoms with Gasteiger partial charge in [0.1, 0.15) is 5.76 Å². The number of amides is 1. The summed E-state index contributed by atoms with van der Waals surface area (Å²) < 4.78 is 6.28. The van der Waals surface area contributed by atoms with E-state index in [2.05, 4.69) is 26.1 Å². The molecule has 0 bridgehead atoms. The van der Waals surface area contributed by atoms with Crippen LogP contribution >= 0.6 is 15.9 Å². The predicted octanol–water partition coefficient (Wildman–Crippen LogP) is 1.75. The number of hydrogen-bond donors (Lipinski definition) is 2. The third-order valence-electron chi connectivity index (χ3n) is 4.36. The van der Waals surface area contributed by atoms with Crippen LogP contribution in [0, 0.1) is 11.8 Å². The molecule has 1 aliphatic heterocycles. The Labute approximate surface area is 132 Å². The van der Waals surface area contributed by atoms with E-state index in [-0.39, 0.29) is 30.4 Å². The van der Waals surface area contributed by atoms with Crippen molar-refractivity contribution >= 4 is 21.8 Å². The number of likely N-dealkylation sites (tertiary alicyclic amines) is 1. The van der Waals surface area contributed by atoms with Crippen molar-refractivity contribution in [2.45, 2.75) is 31.8 Å². The first-order chi connectivity index (χ1) is 10.2. The highest BCUT2D eigenvalue weighted by molar-refractivity contribution is 9.10. The first kappa shape index (κ1) is 15.1. The number of nitrogens with zero attached hydrogens (tertiary/aromatic N) is 1. The number of rotatable bonds is 5. The van der Waals surface area contributed by atoms with Gasteiger partial charge in [-0.3, -0.25) is 9.69 Å². The molecule has 2 N–H and O–H groups in total. The second-order valence-corrected chi connectivity index (χ2v) is 6.84. The molecule has 3 rings (SSSR count). The zero-order valence-corrected chi connectivity index (χ0v) is 13.5. The first-order valence-electron chi connectivity index (χ1n) is 7.53. The standard InChI is InChI=1S/C15H21BrN2O3/c16-14-4-3-12(21-14)7-18-6-5-11(9-19)13(8-18)17-15(20)10-1-2-10/h3-4,10-11,13,19H,1-2,5-9H2,(H,17,20)/t11-,13-/m1/s1. The van der Waals surface area contributed by atoms with Gasteiger partial charge in [-0.25, -0.2) is 0 Å². The van der Waals surface area contributed by atoms with E-state index >= 15 is 0 Å². The summed E-state index contributed by atoms with van der Waals surface area (Å²) in [5.41, 5.74) is 0. The molecule has 2 heterocycles. The van der Waals surface area contributed by atoms with Gasteiger partial charge in [-0.05, 0) is 53.9 Å². The Hall–Kier alpha value is -0.850. The molecule has 2 fully saturated rings. The summed E-state index contributed by atoms with van der Waals surface area (Å²) >= 11 is 3.31. The SMILES string of the molecule is O=C(N[C@@H]1CN(Cc2ccc(Br)o2)CC[C@@H]1CO)C1CC1. The van der Waals surface area contributed by atoms with E-state index in [1.165, 1.54) is 0 Å². The van der Waals surface area contributed by atoms with Crippen molar-refractivity contribution in [2.75, 3.05) is 19.7 Å². The topological polar surface area (TPSA) is 65.7 Å². The Kier molecular flexibility index (Phi) is 4.66. The van der Waals surface area contributed by atoms with Gasteiger partial charge in [0.05, 0.1) is 6.54 Å².